The monoisotopic (exact) mass is 410 g/mol. The second-order valence-electron chi connectivity index (χ2n) is 5.45. The lowest BCUT2D eigenvalue weighted by atomic mass is 10.1. The average molecular weight is 411 g/mol. The number of halogens is 1. The summed E-state index contributed by atoms with van der Waals surface area (Å²) in [7, 11) is 6.36. The van der Waals surface area contributed by atoms with Crippen LogP contribution in [0.2, 0.25) is 5.02 Å². The quantitative estimate of drug-likeness (QED) is 0.532. The van der Waals surface area contributed by atoms with Gasteiger partial charge in [-0.05, 0) is 41.8 Å². The third-order valence-electron chi connectivity index (χ3n) is 3.83. The number of nitrogens with zero attached hydrogens (tertiary/aromatic N) is 1. The highest BCUT2D eigenvalue weighted by atomic mass is 35.5. The van der Waals surface area contributed by atoms with Gasteiger partial charge in [0.2, 0.25) is 0 Å². The number of methoxy groups -OCH3 is 4. The van der Waals surface area contributed by atoms with E-state index < -0.39 is 0 Å². The van der Waals surface area contributed by atoms with E-state index in [1.54, 1.807) is 40.6 Å². The number of fused-ring (bicyclic) bond motifs is 1. The van der Waals surface area contributed by atoms with Crippen LogP contribution in [0.1, 0.15) is 5.56 Å². The zero-order chi connectivity index (χ0) is 19.4. The zero-order valence-corrected chi connectivity index (χ0v) is 16.9. The Labute approximate surface area is 166 Å². The molecular weight excluding hydrogens is 392 g/mol. The molecule has 0 bridgehead atoms. The number of anilines is 1. The van der Waals surface area contributed by atoms with E-state index in [9.17, 15) is 0 Å². The molecule has 0 saturated carbocycles. The van der Waals surface area contributed by atoms with E-state index in [0.717, 1.165) is 10.9 Å². The second kappa shape index (κ2) is 8.60. The van der Waals surface area contributed by atoms with Crippen molar-refractivity contribution in [3.63, 3.8) is 0 Å². The lowest BCUT2D eigenvalue weighted by Gasteiger charge is -2.14. The van der Waals surface area contributed by atoms with Gasteiger partial charge in [-0.25, -0.2) is 0 Å². The summed E-state index contributed by atoms with van der Waals surface area (Å²) in [6, 6.07) is 7.24. The van der Waals surface area contributed by atoms with Gasteiger partial charge >= 0.3 is 0 Å². The van der Waals surface area contributed by atoms with Gasteiger partial charge in [-0.2, -0.15) is 0 Å². The van der Waals surface area contributed by atoms with Crippen molar-refractivity contribution in [1.82, 2.24) is 5.16 Å². The maximum absolute atomic E-state index is 6.22. The molecule has 1 heterocycles. The van der Waals surface area contributed by atoms with Gasteiger partial charge in [-0.1, -0.05) is 16.8 Å². The van der Waals surface area contributed by atoms with Gasteiger partial charge in [0, 0.05) is 7.11 Å². The van der Waals surface area contributed by atoms with Gasteiger partial charge in [0.25, 0.3) is 0 Å². The largest absolute Gasteiger partial charge is 0.496 e. The third kappa shape index (κ3) is 3.87. The molecule has 0 aliphatic rings. The molecule has 9 heteroatoms. The van der Waals surface area contributed by atoms with Crippen molar-refractivity contribution in [2.75, 3.05) is 33.2 Å². The van der Waals surface area contributed by atoms with Crippen LogP contribution in [0.15, 0.2) is 33.7 Å². The van der Waals surface area contributed by atoms with E-state index >= 15 is 0 Å². The van der Waals surface area contributed by atoms with Crippen LogP contribution in [0.25, 0.3) is 11.0 Å². The molecule has 0 amide bonds. The number of hydrogen-bond donors (Lipinski definition) is 1. The van der Waals surface area contributed by atoms with Crippen LogP contribution in [0.3, 0.4) is 0 Å². The first-order chi connectivity index (χ1) is 13.1. The lowest BCUT2D eigenvalue weighted by molar-refractivity contribution is 0.184. The summed E-state index contributed by atoms with van der Waals surface area (Å²) in [4.78, 5) is 0.693. The standard InChI is InChI=1S/C18H19ClN2O5S/c1-22-9-10-7-13(24-3)15-14(8-10)26-20-18(15)21-27-17-12(23-2)6-5-11(19)16(17)25-4/h5-8H,9H2,1-4H3,(H,20,21). The smallest absolute Gasteiger partial charge is 0.191 e. The molecule has 144 valence electrons. The molecular formula is C18H19ClN2O5S. The second-order valence-corrected chi connectivity index (χ2v) is 6.68. The topological polar surface area (TPSA) is 75.0 Å². The molecule has 0 unspecified atom stereocenters. The molecule has 0 aliphatic heterocycles. The van der Waals surface area contributed by atoms with Crippen molar-refractivity contribution < 1.29 is 23.5 Å². The van der Waals surface area contributed by atoms with Gasteiger partial charge in [0.05, 0.1) is 33.0 Å². The molecule has 3 aromatic rings. The van der Waals surface area contributed by atoms with E-state index in [0.29, 0.717) is 45.2 Å². The zero-order valence-electron chi connectivity index (χ0n) is 15.3. The fraction of sp³-hybridized carbons (Fsp3) is 0.278. The first kappa shape index (κ1) is 19.5. The van der Waals surface area contributed by atoms with Crippen LogP contribution in [-0.4, -0.2) is 33.6 Å². The molecule has 1 aromatic heterocycles. The summed E-state index contributed by atoms with van der Waals surface area (Å²) in [6.07, 6.45) is 0. The molecule has 0 atom stereocenters. The minimum absolute atomic E-state index is 0.446. The molecule has 27 heavy (non-hydrogen) atoms. The van der Waals surface area contributed by atoms with E-state index in [1.807, 2.05) is 12.1 Å². The fourth-order valence-corrected chi connectivity index (χ4v) is 3.80. The Morgan fingerprint density at radius 2 is 1.85 bits per heavy atom. The van der Waals surface area contributed by atoms with Crippen molar-refractivity contribution in [2.45, 2.75) is 11.5 Å². The van der Waals surface area contributed by atoms with Gasteiger partial charge < -0.3 is 28.2 Å². The fourth-order valence-electron chi connectivity index (χ4n) is 2.64. The van der Waals surface area contributed by atoms with E-state index in [4.69, 9.17) is 35.1 Å². The third-order valence-corrected chi connectivity index (χ3v) is 5.01. The Morgan fingerprint density at radius 3 is 2.52 bits per heavy atom. The Hall–Kier alpha value is -2.29. The summed E-state index contributed by atoms with van der Waals surface area (Å²) >= 11 is 7.48. The first-order valence-electron chi connectivity index (χ1n) is 7.91. The van der Waals surface area contributed by atoms with Gasteiger partial charge in [-0.15, -0.1) is 0 Å². The minimum Gasteiger partial charge on any atom is -0.496 e. The SMILES string of the molecule is COCc1cc(OC)c2c(NSc3c(OC)ccc(Cl)c3OC)noc2c1. The van der Waals surface area contributed by atoms with Crippen molar-refractivity contribution in [2.24, 2.45) is 0 Å². The molecule has 0 fully saturated rings. The number of nitrogens with one attached hydrogen (secondary N) is 1. The van der Waals surface area contributed by atoms with E-state index in [1.165, 1.54) is 11.9 Å². The highest BCUT2D eigenvalue weighted by Crippen LogP contribution is 2.43. The highest BCUT2D eigenvalue weighted by Gasteiger charge is 2.19. The molecule has 7 nitrogen and oxygen atoms in total. The predicted molar refractivity (Wildman–Crippen MR) is 105 cm³/mol. The van der Waals surface area contributed by atoms with Crippen LogP contribution in [-0.2, 0) is 11.3 Å². The molecule has 0 spiro atoms. The maximum Gasteiger partial charge on any atom is 0.191 e. The van der Waals surface area contributed by atoms with Crippen molar-refractivity contribution in [3.8, 4) is 17.2 Å². The Kier molecular flexibility index (Phi) is 6.20. The Balaban J connectivity index is 1.96. The molecule has 2 aromatic carbocycles. The van der Waals surface area contributed by atoms with Crippen LogP contribution < -0.4 is 18.9 Å². The average Bonchev–Trinajstić information content (AvgIpc) is 3.09. The minimum atomic E-state index is 0.446. The van der Waals surface area contributed by atoms with Crippen molar-refractivity contribution in [1.29, 1.82) is 0 Å². The Bertz CT molecular complexity index is 947. The molecule has 0 saturated heterocycles. The number of aromatic nitrogens is 1. The highest BCUT2D eigenvalue weighted by molar-refractivity contribution is 8.00. The Morgan fingerprint density at radius 1 is 1.07 bits per heavy atom. The van der Waals surface area contributed by atoms with Gasteiger partial charge in [0.1, 0.15) is 21.8 Å². The summed E-state index contributed by atoms with van der Waals surface area (Å²) in [5.74, 6) is 2.28. The van der Waals surface area contributed by atoms with E-state index in [2.05, 4.69) is 9.88 Å². The summed E-state index contributed by atoms with van der Waals surface area (Å²) in [5, 5.41) is 5.32. The number of hydrogen-bond acceptors (Lipinski definition) is 8. The van der Waals surface area contributed by atoms with Crippen LogP contribution in [0.4, 0.5) is 5.82 Å². The first-order valence-corrected chi connectivity index (χ1v) is 9.10. The lowest BCUT2D eigenvalue weighted by Crippen LogP contribution is -1.96. The molecule has 0 aliphatic carbocycles. The molecule has 3 rings (SSSR count). The van der Waals surface area contributed by atoms with Crippen LogP contribution in [0.5, 0.6) is 17.2 Å². The van der Waals surface area contributed by atoms with Crippen molar-refractivity contribution in [3.05, 3.63) is 34.9 Å². The molecule has 1 N–H and O–H groups in total. The van der Waals surface area contributed by atoms with Crippen molar-refractivity contribution >= 4 is 40.3 Å². The number of benzene rings is 2. The van der Waals surface area contributed by atoms with E-state index in [-0.39, 0.29) is 0 Å². The predicted octanol–water partition coefficient (Wildman–Crippen LogP) is 4.77. The van der Waals surface area contributed by atoms with Gasteiger partial charge in [-0.3, -0.25) is 0 Å². The van der Waals surface area contributed by atoms with Crippen LogP contribution >= 0.6 is 23.5 Å². The number of rotatable bonds is 8. The normalized spacial score (nSPS) is 10.9. The molecule has 0 radical (unpaired) electrons. The summed E-state index contributed by atoms with van der Waals surface area (Å²) in [5.41, 5.74) is 1.52. The maximum atomic E-state index is 6.22. The van der Waals surface area contributed by atoms with Crippen LogP contribution in [0, 0.1) is 0 Å². The van der Waals surface area contributed by atoms with Gasteiger partial charge in [0.15, 0.2) is 17.2 Å². The summed E-state index contributed by atoms with van der Waals surface area (Å²) in [6.45, 7) is 0.446. The number of ether oxygens (including phenoxy) is 4. The summed E-state index contributed by atoms with van der Waals surface area (Å²) < 4.78 is 30.1.